The third-order valence-electron chi connectivity index (χ3n) is 8.18. The van der Waals surface area contributed by atoms with Crippen LogP contribution in [-0.2, 0) is 0 Å². The molecule has 4 heteroatoms. The minimum Gasteiger partial charge on any atom is -0.318 e. The summed E-state index contributed by atoms with van der Waals surface area (Å²) >= 11 is 0. The molecule has 0 unspecified atom stereocenters. The molecule has 0 amide bonds. The molecule has 0 atom stereocenters. The number of nitrogens with zero attached hydrogens (tertiary/aromatic N) is 4. The summed E-state index contributed by atoms with van der Waals surface area (Å²) in [5.41, 5.74) is 9.64. The van der Waals surface area contributed by atoms with Crippen molar-refractivity contribution in [2.75, 3.05) is 0 Å². The number of hydrogen-bond acceptors (Lipinski definition) is 1. The van der Waals surface area contributed by atoms with Gasteiger partial charge in [0.05, 0.1) is 46.0 Å². The molecule has 194 valence electrons. The number of fused-ring (bicyclic) bond motifs is 6. The molecule has 0 spiro atoms. The van der Waals surface area contributed by atoms with Gasteiger partial charge in [-0.05, 0) is 42.5 Å². The molecule has 42 heavy (non-hydrogen) atoms. The molecule has 0 saturated carbocycles. The average molecular weight is 535 g/mol. The maximum Gasteiger partial charge on any atom is 0.210 e. The standard InChI is InChI=1S/C38H22N4/c1-40-33-16-4-7-19-36(33)42-35-18-6-3-11-28(35)30-13-9-15-32(38(30)42)31-14-8-12-29-27-10-2-5-17-34(27)41(37(29)31)26-22-20-25(24-39)21-23-26/h2-23H. The Balaban J connectivity index is 1.55. The molecule has 2 heterocycles. The van der Waals surface area contributed by atoms with Gasteiger partial charge < -0.3 is 9.13 Å². The first-order valence-corrected chi connectivity index (χ1v) is 13.8. The van der Waals surface area contributed by atoms with E-state index in [4.69, 9.17) is 6.57 Å². The maximum atomic E-state index is 9.44. The van der Waals surface area contributed by atoms with Crippen molar-refractivity contribution in [1.82, 2.24) is 9.13 Å². The van der Waals surface area contributed by atoms with Crippen molar-refractivity contribution in [3.05, 3.63) is 150 Å². The van der Waals surface area contributed by atoms with Gasteiger partial charge in [-0.15, -0.1) is 0 Å². The monoisotopic (exact) mass is 534 g/mol. The molecule has 8 rings (SSSR count). The SMILES string of the molecule is [C-]#[N+]c1ccccc1-n1c2ccccc2c2cccc(-c3cccc4c5ccccc5n(-c5ccc(C#N)cc5)c34)c21. The Kier molecular flexibility index (Phi) is 5.22. The highest BCUT2D eigenvalue weighted by atomic mass is 15.0. The first-order chi connectivity index (χ1) is 20.8. The molecule has 4 nitrogen and oxygen atoms in total. The molecule has 0 aliphatic heterocycles. The van der Waals surface area contributed by atoms with Crippen LogP contribution in [0, 0.1) is 17.9 Å². The first kappa shape index (κ1) is 23.8. The van der Waals surface area contributed by atoms with Crippen molar-refractivity contribution >= 4 is 49.3 Å². The maximum absolute atomic E-state index is 9.44. The molecule has 0 radical (unpaired) electrons. The van der Waals surface area contributed by atoms with E-state index in [0.717, 1.165) is 60.7 Å². The third kappa shape index (κ3) is 3.33. The molecule has 8 aromatic rings. The predicted octanol–water partition coefficient (Wildman–Crippen LogP) is 9.97. The van der Waals surface area contributed by atoms with Crippen LogP contribution in [-0.4, -0.2) is 9.13 Å². The Hall–Kier alpha value is -6.10. The summed E-state index contributed by atoms with van der Waals surface area (Å²) in [5.74, 6) is 0. The van der Waals surface area contributed by atoms with E-state index in [9.17, 15) is 5.26 Å². The van der Waals surface area contributed by atoms with Gasteiger partial charge in [-0.2, -0.15) is 5.26 Å². The summed E-state index contributed by atoms with van der Waals surface area (Å²) in [5, 5.41) is 14.1. The molecule has 0 aliphatic carbocycles. The quantitative estimate of drug-likeness (QED) is 0.208. The van der Waals surface area contributed by atoms with Crippen molar-refractivity contribution < 1.29 is 0 Å². The van der Waals surface area contributed by atoms with Crippen LogP contribution in [0.5, 0.6) is 0 Å². The normalized spacial score (nSPS) is 11.3. The Labute approximate surface area is 242 Å². The van der Waals surface area contributed by atoms with Gasteiger partial charge in [0.15, 0.2) is 0 Å². The van der Waals surface area contributed by atoms with Gasteiger partial charge in [-0.25, -0.2) is 4.85 Å². The molecular weight excluding hydrogens is 512 g/mol. The third-order valence-corrected chi connectivity index (χ3v) is 8.18. The lowest BCUT2D eigenvalue weighted by atomic mass is 9.99. The van der Waals surface area contributed by atoms with Gasteiger partial charge in [0.2, 0.25) is 5.69 Å². The van der Waals surface area contributed by atoms with E-state index < -0.39 is 0 Å². The topological polar surface area (TPSA) is 38.0 Å². The van der Waals surface area contributed by atoms with Crippen LogP contribution in [0.3, 0.4) is 0 Å². The van der Waals surface area contributed by atoms with Crippen molar-refractivity contribution in [1.29, 1.82) is 5.26 Å². The fraction of sp³-hybridized carbons (Fsp3) is 0. The number of hydrogen-bond donors (Lipinski definition) is 0. The summed E-state index contributed by atoms with van der Waals surface area (Å²) < 4.78 is 4.56. The average Bonchev–Trinajstić information content (AvgIpc) is 3.58. The van der Waals surface area contributed by atoms with Gasteiger partial charge in [0.25, 0.3) is 0 Å². The van der Waals surface area contributed by atoms with E-state index in [1.54, 1.807) is 0 Å². The van der Waals surface area contributed by atoms with Crippen LogP contribution >= 0.6 is 0 Å². The molecular formula is C38H22N4. The van der Waals surface area contributed by atoms with E-state index >= 15 is 0 Å². The zero-order valence-corrected chi connectivity index (χ0v) is 22.5. The highest BCUT2D eigenvalue weighted by Gasteiger charge is 2.21. The van der Waals surface area contributed by atoms with E-state index in [1.165, 1.54) is 5.39 Å². The van der Waals surface area contributed by atoms with Gasteiger partial charge in [0, 0.05) is 38.4 Å². The predicted molar refractivity (Wildman–Crippen MR) is 172 cm³/mol. The lowest BCUT2D eigenvalue weighted by Crippen LogP contribution is -1.98. The zero-order chi connectivity index (χ0) is 28.2. The van der Waals surface area contributed by atoms with E-state index in [1.807, 2.05) is 48.5 Å². The summed E-state index contributed by atoms with van der Waals surface area (Å²) in [6.45, 7) is 7.93. The Morgan fingerprint density at radius 1 is 0.524 bits per heavy atom. The molecule has 0 fully saturated rings. The Bertz CT molecular complexity index is 2430. The van der Waals surface area contributed by atoms with Gasteiger partial charge in [-0.3, -0.25) is 0 Å². The molecule has 0 bridgehead atoms. The molecule has 6 aromatic carbocycles. The highest BCUT2D eigenvalue weighted by molar-refractivity contribution is 6.19. The van der Waals surface area contributed by atoms with Gasteiger partial charge in [-0.1, -0.05) is 91.0 Å². The van der Waals surface area contributed by atoms with Crippen molar-refractivity contribution in [2.24, 2.45) is 0 Å². The van der Waals surface area contributed by atoms with Crippen LogP contribution in [0.25, 0.3) is 71.0 Å². The fourth-order valence-corrected chi connectivity index (χ4v) is 6.42. The number of nitriles is 1. The van der Waals surface area contributed by atoms with E-state index in [-0.39, 0.29) is 0 Å². The largest absolute Gasteiger partial charge is 0.318 e. The number of aromatic nitrogens is 2. The number of para-hydroxylation sites is 6. The van der Waals surface area contributed by atoms with Crippen LogP contribution in [0.1, 0.15) is 5.56 Å². The van der Waals surface area contributed by atoms with Crippen LogP contribution in [0.2, 0.25) is 0 Å². The fourth-order valence-electron chi connectivity index (χ4n) is 6.42. The number of benzene rings is 6. The zero-order valence-electron chi connectivity index (χ0n) is 22.5. The van der Waals surface area contributed by atoms with Gasteiger partial charge in [0.1, 0.15) is 0 Å². The summed E-state index contributed by atoms with van der Waals surface area (Å²) in [6.07, 6.45) is 0. The van der Waals surface area contributed by atoms with Crippen LogP contribution in [0.4, 0.5) is 5.69 Å². The number of rotatable bonds is 3. The van der Waals surface area contributed by atoms with Crippen molar-refractivity contribution in [2.45, 2.75) is 0 Å². The van der Waals surface area contributed by atoms with Crippen LogP contribution < -0.4 is 0 Å². The summed E-state index contributed by atoms with van der Waals surface area (Å²) in [4.78, 5) is 3.89. The summed E-state index contributed by atoms with van der Waals surface area (Å²) in [6, 6.07) is 47.8. The molecule has 0 saturated heterocycles. The van der Waals surface area contributed by atoms with E-state index in [0.29, 0.717) is 11.3 Å². The minimum absolute atomic E-state index is 0.611. The smallest absolute Gasteiger partial charge is 0.210 e. The molecule has 0 aliphatic rings. The lowest BCUT2D eigenvalue weighted by Gasteiger charge is -2.15. The minimum atomic E-state index is 0.611. The highest BCUT2D eigenvalue weighted by Crippen LogP contribution is 2.44. The second-order valence-corrected chi connectivity index (χ2v) is 10.4. The van der Waals surface area contributed by atoms with Gasteiger partial charge >= 0.3 is 0 Å². The Morgan fingerprint density at radius 2 is 1.05 bits per heavy atom. The second-order valence-electron chi connectivity index (χ2n) is 10.4. The van der Waals surface area contributed by atoms with E-state index in [2.05, 4.69) is 105 Å². The first-order valence-electron chi connectivity index (χ1n) is 13.8. The summed E-state index contributed by atoms with van der Waals surface area (Å²) in [7, 11) is 0. The molecule has 0 N–H and O–H groups in total. The Morgan fingerprint density at radius 3 is 1.67 bits per heavy atom. The lowest BCUT2D eigenvalue weighted by molar-refractivity contribution is 1.17. The van der Waals surface area contributed by atoms with Crippen molar-refractivity contribution in [3.63, 3.8) is 0 Å². The van der Waals surface area contributed by atoms with Crippen molar-refractivity contribution in [3.8, 4) is 28.6 Å². The molecule has 2 aromatic heterocycles. The second kappa shape index (κ2) is 9.24. The van der Waals surface area contributed by atoms with Crippen LogP contribution in [0.15, 0.2) is 133 Å².